The molecule has 0 radical (unpaired) electrons. The fraction of sp³-hybridized carbons (Fsp3) is 0.385. The molecule has 1 aromatic carbocycles. The maximum Gasteiger partial charge on any atom is 0.0870 e. The molecule has 4 rings (SSSR count). The van der Waals surface area contributed by atoms with Crippen LogP contribution in [0.25, 0.3) is 0 Å². The molecule has 1 fully saturated rings. The van der Waals surface area contributed by atoms with E-state index in [0.717, 1.165) is 36.6 Å². The second-order valence-corrected chi connectivity index (χ2v) is 6.89. The van der Waals surface area contributed by atoms with Crippen molar-refractivity contribution in [2.45, 2.75) is 52.6 Å². The van der Waals surface area contributed by atoms with Gasteiger partial charge < -0.3 is 9.84 Å². The predicted molar refractivity (Wildman–Crippen MR) is 124 cm³/mol. The van der Waals surface area contributed by atoms with Crippen molar-refractivity contribution in [1.82, 2.24) is 9.97 Å². The van der Waals surface area contributed by atoms with Crippen LogP contribution in [0.4, 0.5) is 0 Å². The summed E-state index contributed by atoms with van der Waals surface area (Å²) in [5.41, 5.74) is 3.01. The number of pyridine rings is 2. The van der Waals surface area contributed by atoms with E-state index in [1.165, 1.54) is 12.8 Å². The number of rotatable bonds is 4. The Labute approximate surface area is 182 Å². The summed E-state index contributed by atoms with van der Waals surface area (Å²) < 4.78 is 4.94. The van der Waals surface area contributed by atoms with Crippen LogP contribution in [0.1, 0.15) is 63.1 Å². The molecule has 4 heteroatoms. The molecule has 4 nitrogen and oxygen atoms in total. The van der Waals surface area contributed by atoms with Gasteiger partial charge in [0.1, 0.15) is 0 Å². The highest BCUT2D eigenvalue weighted by molar-refractivity contribution is 5.22. The second kappa shape index (κ2) is 15.3. The van der Waals surface area contributed by atoms with E-state index in [1.54, 1.807) is 6.20 Å². The highest BCUT2D eigenvalue weighted by atomic mass is 16.5. The Hall–Kier alpha value is -2.56. The number of benzene rings is 1. The smallest absolute Gasteiger partial charge is 0.0870 e. The maximum absolute atomic E-state index is 10.2. The van der Waals surface area contributed by atoms with Crippen LogP contribution in [0.3, 0.4) is 0 Å². The Bertz CT molecular complexity index is 712. The highest BCUT2D eigenvalue weighted by Gasteiger charge is 2.18. The van der Waals surface area contributed by atoms with E-state index in [2.05, 4.69) is 16.9 Å². The number of hydrogen-bond donors (Lipinski definition) is 1. The van der Waals surface area contributed by atoms with Gasteiger partial charge in [0.25, 0.3) is 0 Å². The van der Waals surface area contributed by atoms with Crippen molar-refractivity contribution in [3.05, 3.63) is 96.1 Å². The van der Waals surface area contributed by atoms with Crippen LogP contribution in [0.5, 0.6) is 0 Å². The molecular weight excluding hydrogens is 372 g/mol. The molecule has 30 heavy (non-hydrogen) atoms. The number of aliphatic hydroxyl groups is 1. The van der Waals surface area contributed by atoms with Crippen LogP contribution in [-0.2, 0) is 11.2 Å². The van der Waals surface area contributed by atoms with Gasteiger partial charge in [0, 0.05) is 42.9 Å². The van der Waals surface area contributed by atoms with Gasteiger partial charge >= 0.3 is 0 Å². The normalized spacial score (nSPS) is 14.1. The zero-order valence-corrected chi connectivity index (χ0v) is 17.4. The highest BCUT2D eigenvalue weighted by Crippen LogP contribution is 2.28. The van der Waals surface area contributed by atoms with Crippen LogP contribution >= 0.6 is 0 Å². The average Bonchev–Trinajstić information content (AvgIpc) is 3.41. The monoisotopic (exact) mass is 408 g/mol. The molecule has 2 atom stereocenters. The van der Waals surface area contributed by atoms with Gasteiger partial charge in [-0.05, 0) is 49.1 Å². The lowest BCUT2D eigenvalue weighted by molar-refractivity contribution is 0.150. The molecule has 1 aliphatic rings. The number of aliphatic hydroxyl groups excluding tert-OH is 1. The van der Waals surface area contributed by atoms with E-state index in [0.29, 0.717) is 0 Å². The fourth-order valence-electron chi connectivity index (χ4n) is 2.86. The van der Waals surface area contributed by atoms with E-state index < -0.39 is 6.10 Å². The molecule has 0 aliphatic carbocycles. The summed E-state index contributed by atoms with van der Waals surface area (Å²) in [6.45, 7) is 6.09. The largest absolute Gasteiger partial charge is 0.388 e. The van der Waals surface area contributed by atoms with Crippen molar-refractivity contribution in [2.75, 3.05) is 13.2 Å². The van der Waals surface area contributed by atoms with E-state index in [4.69, 9.17) is 4.74 Å². The molecule has 162 valence electrons. The number of aromatic nitrogens is 2. The van der Waals surface area contributed by atoms with Crippen molar-refractivity contribution in [1.29, 1.82) is 0 Å². The first-order valence-corrected chi connectivity index (χ1v) is 10.3. The third-order valence-corrected chi connectivity index (χ3v) is 4.68. The minimum atomic E-state index is -0.504. The summed E-state index contributed by atoms with van der Waals surface area (Å²) in [7, 11) is 0. The quantitative estimate of drug-likeness (QED) is 0.575. The standard InChI is InChI=1S/C14H15NO.C7H9N.C4H8O.CH4/c1-11(13-9-5-6-10-15-13)14(16)12-7-3-2-4-8-12;1-2-7-5-3-4-6-8-7;1-2-4-5-3-1;/h2-11,14,16H,1H3;3-6H,2H2,1H3;1-4H2;1H4. The number of aryl methyl sites for hydroxylation is 1. The number of hydrogen-bond acceptors (Lipinski definition) is 4. The summed E-state index contributed by atoms with van der Waals surface area (Å²) >= 11 is 0. The average molecular weight is 409 g/mol. The van der Waals surface area contributed by atoms with Crippen LogP contribution < -0.4 is 0 Å². The van der Waals surface area contributed by atoms with E-state index in [-0.39, 0.29) is 13.3 Å². The Kier molecular flexibility index (Phi) is 13.0. The van der Waals surface area contributed by atoms with E-state index in [9.17, 15) is 5.11 Å². The van der Waals surface area contributed by atoms with Crippen LogP contribution in [0, 0.1) is 0 Å². The summed E-state index contributed by atoms with van der Waals surface area (Å²) in [6, 6.07) is 21.4. The number of nitrogens with zero attached hydrogens (tertiary/aromatic N) is 2. The zero-order valence-electron chi connectivity index (χ0n) is 17.4. The molecule has 2 aromatic heterocycles. The molecule has 0 amide bonds. The Morgan fingerprint density at radius 3 is 1.90 bits per heavy atom. The first-order valence-electron chi connectivity index (χ1n) is 10.3. The molecule has 0 bridgehead atoms. The van der Waals surface area contributed by atoms with Gasteiger partial charge in [0.2, 0.25) is 0 Å². The summed E-state index contributed by atoms with van der Waals surface area (Å²) in [5, 5.41) is 10.2. The van der Waals surface area contributed by atoms with Crippen LogP contribution in [0.15, 0.2) is 79.1 Å². The first-order chi connectivity index (χ1) is 14.2. The maximum atomic E-state index is 10.2. The molecular formula is C26H36N2O2. The SMILES string of the molecule is C.C1CCOC1.CC(c1ccccn1)C(O)c1ccccc1.CCc1ccccn1. The van der Waals surface area contributed by atoms with Crippen LogP contribution in [-0.4, -0.2) is 28.3 Å². The molecule has 3 heterocycles. The van der Waals surface area contributed by atoms with Gasteiger partial charge in [-0.3, -0.25) is 9.97 Å². The lowest BCUT2D eigenvalue weighted by atomic mass is 9.94. The fourth-order valence-corrected chi connectivity index (χ4v) is 2.86. The van der Waals surface area contributed by atoms with Crippen molar-refractivity contribution in [3.8, 4) is 0 Å². The molecule has 3 aromatic rings. The summed E-state index contributed by atoms with van der Waals surface area (Å²) in [5.74, 6) is 0.00333. The van der Waals surface area contributed by atoms with Gasteiger partial charge in [-0.25, -0.2) is 0 Å². The van der Waals surface area contributed by atoms with Gasteiger partial charge in [0.15, 0.2) is 0 Å². The molecule has 1 N–H and O–H groups in total. The van der Waals surface area contributed by atoms with Gasteiger partial charge in [-0.2, -0.15) is 0 Å². The van der Waals surface area contributed by atoms with Gasteiger partial charge in [-0.15, -0.1) is 0 Å². The van der Waals surface area contributed by atoms with Crippen molar-refractivity contribution in [3.63, 3.8) is 0 Å². The number of ether oxygens (including phenoxy) is 1. The van der Waals surface area contributed by atoms with Crippen LogP contribution in [0.2, 0.25) is 0 Å². The summed E-state index contributed by atoms with van der Waals surface area (Å²) in [4.78, 5) is 8.36. The minimum absolute atomic E-state index is 0. The third kappa shape index (κ3) is 9.29. The summed E-state index contributed by atoms with van der Waals surface area (Å²) in [6.07, 6.45) is 6.65. The lowest BCUT2D eigenvalue weighted by Gasteiger charge is -2.18. The predicted octanol–water partition coefficient (Wildman–Crippen LogP) is 6.00. The Morgan fingerprint density at radius 2 is 1.47 bits per heavy atom. The Morgan fingerprint density at radius 1 is 0.867 bits per heavy atom. The third-order valence-electron chi connectivity index (χ3n) is 4.68. The molecule has 2 unspecified atom stereocenters. The van der Waals surface area contributed by atoms with E-state index >= 15 is 0 Å². The lowest BCUT2D eigenvalue weighted by Crippen LogP contribution is -2.08. The molecule has 0 spiro atoms. The van der Waals surface area contributed by atoms with Crippen molar-refractivity contribution >= 4 is 0 Å². The molecule has 1 saturated heterocycles. The zero-order chi connectivity index (χ0) is 20.7. The first kappa shape index (κ1) is 25.5. The molecule has 0 saturated carbocycles. The van der Waals surface area contributed by atoms with Gasteiger partial charge in [-0.1, -0.05) is 63.7 Å². The van der Waals surface area contributed by atoms with Crippen molar-refractivity contribution in [2.24, 2.45) is 0 Å². The topological polar surface area (TPSA) is 55.2 Å². The molecule has 1 aliphatic heterocycles. The van der Waals surface area contributed by atoms with Gasteiger partial charge in [0.05, 0.1) is 6.10 Å². The Balaban J connectivity index is 0.000000267. The second-order valence-electron chi connectivity index (χ2n) is 6.89. The minimum Gasteiger partial charge on any atom is -0.388 e. The van der Waals surface area contributed by atoms with E-state index in [1.807, 2.05) is 79.9 Å². The van der Waals surface area contributed by atoms with Crippen molar-refractivity contribution < 1.29 is 9.84 Å².